The zero-order valence-corrected chi connectivity index (χ0v) is 9.47. The number of rotatable bonds is 4. The van der Waals surface area contributed by atoms with Crippen LogP contribution in [-0.4, -0.2) is 16.0 Å². The number of hydrogen-bond donors (Lipinski definition) is 1. The molecule has 0 saturated carbocycles. The van der Waals surface area contributed by atoms with Crippen molar-refractivity contribution in [2.45, 2.75) is 26.4 Å². The molecule has 0 saturated heterocycles. The highest BCUT2D eigenvalue weighted by atomic mass is 16.3. The van der Waals surface area contributed by atoms with Gasteiger partial charge in [-0.25, -0.2) is 9.97 Å². The van der Waals surface area contributed by atoms with Crippen molar-refractivity contribution in [3.63, 3.8) is 0 Å². The summed E-state index contributed by atoms with van der Waals surface area (Å²) in [6, 6.07) is 2.31. The maximum absolute atomic E-state index is 4.99. The molecule has 0 radical (unpaired) electrons. The Hall–Kier alpha value is -1.68. The molecule has 2 rings (SSSR count). The molecule has 0 spiro atoms. The van der Waals surface area contributed by atoms with Crippen LogP contribution >= 0.6 is 0 Å². The Kier molecular flexibility index (Phi) is 3.31. The van der Waals surface area contributed by atoms with Gasteiger partial charge >= 0.3 is 0 Å². The predicted molar refractivity (Wildman–Crippen MR) is 61.7 cm³/mol. The first kappa shape index (κ1) is 10.8. The highest BCUT2D eigenvalue weighted by Gasteiger charge is 2.02. The van der Waals surface area contributed by atoms with Crippen molar-refractivity contribution in [3.8, 4) is 11.4 Å². The number of nitrogens with one attached hydrogen (secondary N) is 1. The topological polar surface area (TPSA) is 51.0 Å². The summed E-state index contributed by atoms with van der Waals surface area (Å²) in [5.41, 5.74) is 1.99. The minimum Gasteiger partial charge on any atom is -0.472 e. The van der Waals surface area contributed by atoms with E-state index in [-0.39, 0.29) is 0 Å². The van der Waals surface area contributed by atoms with E-state index in [1.54, 1.807) is 12.5 Å². The van der Waals surface area contributed by atoms with E-state index < -0.39 is 0 Å². The third-order valence-corrected chi connectivity index (χ3v) is 2.20. The van der Waals surface area contributed by atoms with Crippen molar-refractivity contribution in [3.05, 3.63) is 36.5 Å². The summed E-state index contributed by atoms with van der Waals surface area (Å²) in [5, 5.41) is 3.32. The zero-order valence-electron chi connectivity index (χ0n) is 9.47. The van der Waals surface area contributed by atoms with E-state index >= 15 is 0 Å². The molecule has 16 heavy (non-hydrogen) atoms. The summed E-state index contributed by atoms with van der Waals surface area (Å²) in [7, 11) is 0. The van der Waals surface area contributed by atoms with E-state index in [0.29, 0.717) is 11.9 Å². The second kappa shape index (κ2) is 4.90. The summed E-state index contributed by atoms with van der Waals surface area (Å²) in [6.07, 6.45) is 6.93. The van der Waals surface area contributed by atoms with Crippen LogP contribution in [0, 0.1) is 0 Å². The third-order valence-electron chi connectivity index (χ3n) is 2.20. The average molecular weight is 217 g/mol. The first-order valence-electron chi connectivity index (χ1n) is 5.32. The van der Waals surface area contributed by atoms with Gasteiger partial charge < -0.3 is 9.73 Å². The van der Waals surface area contributed by atoms with Gasteiger partial charge in [-0.1, -0.05) is 13.8 Å². The maximum atomic E-state index is 4.99. The molecule has 84 valence electrons. The van der Waals surface area contributed by atoms with E-state index in [0.717, 1.165) is 17.7 Å². The van der Waals surface area contributed by atoms with Crippen LogP contribution in [0.1, 0.15) is 19.4 Å². The lowest BCUT2D eigenvalue weighted by Crippen LogP contribution is -2.21. The lowest BCUT2D eigenvalue weighted by molar-refractivity contribution is 0.568. The fourth-order valence-electron chi connectivity index (χ4n) is 1.31. The van der Waals surface area contributed by atoms with Crippen molar-refractivity contribution in [2.75, 3.05) is 0 Å². The highest BCUT2D eigenvalue weighted by molar-refractivity contribution is 5.51. The SMILES string of the molecule is CC(C)NCc1cnc(-c2ccoc2)nc1. The van der Waals surface area contributed by atoms with E-state index in [1.807, 2.05) is 18.5 Å². The Morgan fingerprint density at radius 1 is 1.31 bits per heavy atom. The molecule has 0 unspecified atom stereocenters. The molecule has 2 aromatic heterocycles. The van der Waals surface area contributed by atoms with Gasteiger partial charge in [0.25, 0.3) is 0 Å². The van der Waals surface area contributed by atoms with Gasteiger partial charge in [0.15, 0.2) is 5.82 Å². The highest BCUT2D eigenvalue weighted by Crippen LogP contribution is 2.13. The van der Waals surface area contributed by atoms with Gasteiger partial charge in [0.2, 0.25) is 0 Å². The van der Waals surface area contributed by atoms with Crippen LogP contribution in [0.4, 0.5) is 0 Å². The van der Waals surface area contributed by atoms with E-state index in [1.165, 1.54) is 0 Å². The number of aromatic nitrogens is 2. The van der Waals surface area contributed by atoms with Crippen LogP contribution in [0.2, 0.25) is 0 Å². The Balaban J connectivity index is 2.05. The van der Waals surface area contributed by atoms with Gasteiger partial charge in [0, 0.05) is 30.5 Å². The Morgan fingerprint density at radius 3 is 2.62 bits per heavy atom. The molecular weight excluding hydrogens is 202 g/mol. The minimum atomic E-state index is 0.466. The van der Waals surface area contributed by atoms with E-state index in [4.69, 9.17) is 4.42 Å². The monoisotopic (exact) mass is 217 g/mol. The Bertz CT molecular complexity index is 420. The molecule has 2 heterocycles. The largest absolute Gasteiger partial charge is 0.472 e. The van der Waals surface area contributed by atoms with E-state index in [9.17, 15) is 0 Å². The predicted octanol–water partition coefficient (Wildman–Crippen LogP) is 2.23. The molecule has 0 atom stereocenters. The zero-order chi connectivity index (χ0) is 11.4. The summed E-state index contributed by atoms with van der Waals surface area (Å²) in [4.78, 5) is 8.58. The fourth-order valence-corrected chi connectivity index (χ4v) is 1.31. The first-order chi connectivity index (χ1) is 7.75. The van der Waals surface area contributed by atoms with Crippen molar-refractivity contribution >= 4 is 0 Å². The molecule has 4 nitrogen and oxygen atoms in total. The smallest absolute Gasteiger partial charge is 0.162 e. The molecular formula is C12H15N3O. The lowest BCUT2D eigenvalue weighted by Gasteiger charge is -2.07. The van der Waals surface area contributed by atoms with Gasteiger partial charge in [-0.3, -0.25) is 0 Å². The molecule has 0 aliphatic carbocycles. The fraction of sp³-hybridized carbons (Fsp3) is 0.333. The number of hydrogen-bond acceptors (Lipinski definition) is 4. The Morgan fingerprint density at radius 2 is 2.06 bits per heavy atom. The number of nitrogens with zero attached hydrogens (tertiary/aromatic N) is 2. The summed E-state index contributed by atoms with van der Waals surface area (Å²) in [6.45, 7) is 5.02. The third kappa shape index (κ3) is 2.67. The van der Waals surface area contributed by atoms with Crippen molar-refractivity contribution < 1.29 is 4.42 Å². The first-order valence-corrected chi connectivity index (χ1v) is 5.32. The molecule has 1 N–H and O–H groups in total. The normalized spacial score (nSPS) is 10.9. The minimum absolute atomic E-state index is 0.466. The standard InChI is InChI=1S/C12H15N3O/c1-9(2)13-5-10-6-14-12(15-7-10)11-3-4-16-8-11/h3-4,6-9,13H,5H2,1-2H3. The van der Waals surface area contributed by atoms with Crippen LogP contribution < -0.4 is 5.32 Å². The van der Waals surface area contributed by atoms with Gasteiger partial charge in [-0.05, 0) is 6.07 Å². The second-order valence-electron chi connectivity index (χ2n) is 3.96. The van der Waals surface area contributed by atoms with Crippen LogP contribution in [0.3, 0.4) is 0 Å². The number of furan rings is 1. The maximum Gasteiger partial charge on any atom is 0.162 e. The summed E-state index contributed by atoms with van der Waals surface area (Å²) >= 11 is 0. The lowest BCUT2D eigenvalue weighted by atomic mass is 10.3. The molecule has 2 aromatic rings. The van der Waals surface area contributed by atoms with Gasteiger partial charge in [-0.2, -0.15) is 0 Å². The molecule has 0 aliphatic heterocycles. The quantitative estimate of drug-likeness (QED) is 0.853. The summed E-state index contributed by atoms with van der Waals surface area (Å²) in [5.74, 6) is 0.696. The van der Waals surface area contributed by atoms with Gasteiger partial charge in [0.1, 0.15) is 6.26 Å². The Labute approximate surface area is 94.7 Å². The van der Waals surface area contributed by atoms with Crippen LogP contribution in [0.15, 0.2) is 35.4 Å². The van der Waals surface area contributed by atoms with Gasteiger partial charge in [0.05, 0.1) is 11.8 Å². The van der Waals surface area contributed by atoms with Gasteiger partial charge in [-0.15, -0.1) is 0 Å². The summed E-state index contributed by atoms with van der Waals surface area (Å²) < 4.78 is 4.99. The average Bonchev–Trinajstić information content (AvgIpc) is 2.80. The molecule has 0 aromatic carbocycles. The molecule has 0 bridgehead atoms. The molecule has 0 aliphatic rings. The van der Waals surface area contributed by atoms with Crippen LogP contribution in [0.25, 0.3) is 11.4 Å². The van der Waals surface area contributed by atoms with Crippen molar-refractivity contribution in [2.24, 2.45) is 0 Å². The van der Waals surface area contributed by atoms with Crippen molar-refractivity contribution in [1.82, 2.24) is 15.3 Å². The molecule has 0 amide bonds. The van der Waals surface area contributed by atoms with Crippen LogP contribution in [0.5, 0.6) is 0 Å². The molecule has 4 heteroatoms. The second-order valence-corrected chi connectivity index (χ2v) is 3.96. The van der Waals surface area contributed by atoms with E-state index in [2.05, 4.69) is 29.1 Å². The van der Waals surface area contributed by atoms with Crippen molar-refractivity contribution in [1.29, 1.82) is 0 Å². The van der Waals surface area contributed by atoms with Crippen LogP contribution in [-0.2, 0) is 6.54 Å². The molecule has 0 fully saturated rings.